The third-order valence-electron chi connectivity index (χ3n) is 1.85. The van der Waals surface area contributed by atoms with E-state index in [0.717, 1.165) is 0 Å². The quantitative estimate of drug-likeness (QED) is 0.792. The zero-order valence-electron chi connectivity index (χ0n) is 8.33. The van der Waals surface area contributed by atoms with Crippen LogP contribution in [0.2, 0.25) is 5.02 Å². The van der Waals surface area contributed by atoms with E-state index in [1.807, 2.05) is 0 Å². The number of benzene rings is 1. The summed E-state index contributed by atoms with van der Waals surface area (Å²) >= 11 is 5.90. The number of hydrogen-bond acceptors (Lipinski definition) is 4. The first-order valence-corrected chi connectivity index (χ1v) is 4.74. The van der Waals surface area contributed by atoms with E-state index in [1.54, 1.807) is 18.2 Å². The van der Waals surface area contributed by atoms with Crippen molar-refractivity contribution in [3.05, 3.63) is 28.8 Å². The molecule has 0 bridgehead atoms. The third-order valence-corrected chi connectivity index (χ3v) is 2.21. The fourth-order valence-electron chi connectivity index (χ4n) is 1.07. The third kappa shape index (κ3) is 3.11. The van der Waals surface area contributed by atoms with Crippen molar-refractivity contribution >= 4 is 17.6 Å². The largest absolute Gasteiger partial charge is 0.482 e. The van der Waals surface area contributed by atoms with Crippen LogP contribution in [-0.4, -0.2) is 19.7 Å². The van der Waals surface area contributed by atoms with Crippen molar-refractivity contribution in [2.45, 2.75) is 6.54 Å². The van der Waals surface area contributed by atoms with Gasteiger partial charge in [-0.15, -0.1) is 0 Å². The lowest BCUT2D eigenvalue weighted by Crippen LogP contribution is -2.14. The minimum Gasteiger partial charge on any atom is -0.482 e. The molecule has 0 amide bonds. The van der Waals surface area contributed by atoms with Gasteiger partial charge in [-0.3, -0.25) is 0 Å². The summed E-state index contributed by atoms with van der Waals surface area (Å²) in [6.07, 6.45) is 0. The van der Waals surface area contributed by atoms with Crippen molar-refractivity contribution in [1.29, 1.82) is 0 Å². The van der Waals surface area contributed by atoms with Crippen molar-refractivity contribution in [2.24, 2.45) is 5.73 Å². The molecule has 0 aliphatic rings. The Kier molecular flexibility index (Phi) is 4.39. The van der Waals surface area contributed by atoms with Crippen LogP contribution in [0.5, 0.6) is 5.75 Å². The van der Waals surface area contributed by atoms with Crippen molar-refractivity contribution in [3.63, 3.8) is 0 Å². The zero-order valence-corrected chi connectivity index (χ0v) is 9.08. The van der Waals surface area contributed by atoms with Gasteiger partial charge in [0, 0.05) is 17.1 Å². The number of nitrogens with two attached hydrogens (primary N) is 1. The Morgan fingerprint density at radius 1 is 1.53 bits per heavy atom. The van der Waals surface area contributed by atoms with E-state index in [-0.39, 0.29) is 13.2 Å². The highest BCUT2D eigenvalue weighted by Gasteiger charge is 2.08. The van der Waals surface area contributed by atoms with Crippen LogP contribution >= 0.6 is 11.6 Å². The molecule has 1 rings (SSSR count). The van der Waals surface area contributed by atoms with E-state index in [9.17, 15) is 4.79 Å². The van der Waals surface area contributed by atoms with E-state index in [1.165, 1.54) is 7.11 Å². The van der Waals surface area contributed by atoms with Gasteiger partial charge >= 0.3 is 5.97 Å². The fraction of sp³-hybridized carbons (Fsp3) is 0.300. The molecule has 5 heteroatoms. The number of rotatable bonds is 4. The van der Waals surface area contributed by atoms with Gasteiger partial charge in [0.05, 0.1) is 7.11 Å². The number of halogens is 1. The first kappa shape index (κ1) is 11.8. The Labute approximate surface area is 92.9 Å². The molecule has 0 saturated heterocycles. The number of methoxy groups -OCH3 is 1. The Morgan fingerprint density at radius 2 is 2.27 bits per heavy atom. The maximum absolute atomic E-state index is 10.9. The second-order valence-electron chi connectivity index (χ2n) is 2.79. The standard InChI is InChI=1S/C10H12ClNO3/c1-14-10(13)6-15-9-4-2-3-8(11)7(9)5-12/h2-4H,5-6,12H2,1H3. The molecule has 0 aliphatic heterocycles. The number of carbonyl (C=O) groups is 1. The second-order valence-corrected chi connectivity index (χ2v) is 3.19. The van der Waals surface area contributed by atoms with Crippen LogP contribution in [0.1, 0.15) is 5.56 Å². The summed E-state index contributed by atoms with van der Waals surface area (Å²) in [5.41, 5.74) is 6.19. The summed E-state index contributed by atoms with van der Waals surface area (Å²) in [7, 11) is 1.30. The number of ether oxygens (including phenoxy) is 2. The summed E-state index contributed by atoms with van der Waals surface area (Å²) in [5.74, 6) is 0.0633. The lowest BCUT2D eigenvalue weighted by molar-refractivity contribution is -0.142. The molecule has 0 radical (unpaired) electrons. The lowest BCUT2D eigenvalue weighted by atomic mass is 10.2. The van der Waals surface area contributed by atoms with Crippen LogP contribution < -0.4 is 10.5 Å². The van der Waals surface area contributed by atoms with Crippen LogP contribution in [0.4, 0.5) is 0 Å². The zero-order chi connectivity index (χ0) is 11.3. The van der Waals surface area contributed by atoms with Gasteiger partial charge in [0.15, 0.2) is 6.61 Å². The average Bonchev–Trinajstić information content (AvgIpc) is 2.25. The molecule has 1 aromatic rings. The first-order valence-electron chi connectivity index (χ1n) is 4.36. The molecular weight excluding hydrogens is 218 g/mol. The minimum absolute atomic E-state index is 0.149. The molecule has 0 unspecified atom stereocenters. The van der Waals surface area contributed by atoms with Gasteiger partial charge in [-0.1, -0.05) is 17.7 Å². The molecule has 1 aromatic carbocycles. The molecule has 2 N–H and O–H groups in total. The van der Waals surface area contributed by atoms with Crippen molar-refractivity contribution in [3.8, 4) is 5.75 Å². The van der Waals surface area contributed by atoms with Gasteiger partial charge < -0.3 is 15.2 Å². The summed E-state index contributed by atoms with van der Waals surface area (Å²) in [5, 5.41) is 0.528. The van der Waals surface area contributed by atoms with Gasteiger partial charge in [0.1, 0.15) is 5.75 Å². The molecule has 0 saturated carbocycles. The predicted molar refractivity (Wildman–Crippen MR) is 56.9 cm³/mol. The molecule has 0 aromatic heterocycles. The maximum atomic E-state index is 10.9. The molecule has 0 atom stereocenters. The highest BCUT2D eigenvalue weighted by molar-refractivity contribution is 6.31. The Balaban J connectivity index is 2.76. The highest BCUT2D eigenvalue weighted by Crippen LogP contribution is 2.25. The number of esters is 1. The normalized spacial score (nSPS) is 9.80. The van der Waals surface area contributed by atoms with Crippen molar-refractivity contribution in [2.75, 3.05) is 13.7 Å². The average molecular weight is 230 g/mol. The van der Waals surface area contributed by atoms with Gasteiger partial charge in [-0.25, -0.2) is 4.79 Å². The van der Waals surface area contributed by atoms with Crippen molar-refractivity contribution in [1.82, 2.24) is 0 Å². The fourth-order valence-corrected chi connectivity index (χ4v) is 1.31. The van der Waals surface area contributed by atoms with Crippen molar-refractivity contribution < 1.29 is 14.3 Å². The van der Waals surface area contributed by atoms with E-state index in [2.05, 4.69) is 4.74 Å². The summed E-state index contributed by atoms with van der Waals surface area (Å²) in [6.45, 7) is 0.111. The highest BCUT2D eigenvalue weighted by atomic mass is 35.5. The van der Waals surface area contributed by atoms with Crippen LogP contribution in [-0.2, 0) is 16.1 Å². The number of carbonyl (C=O) groups excluding carboxylic acids is 1. The van der Waals surface area contributed by atoms with Gasteiger partial charge in [0.25, 0.3) is 0 Å². The van der Waals surface area contributed by atoms with Crippen LogP contribution in [0, 0.1) is 0 Å². The molecule has 4 nitrogen and oxygen atoms in total. The van der Waals surface area contributed by atoms with E-state index in [4.69, 9.17) is 22.1 Å². The Bertz CT molecular complexity index is 355. The van der Waals surface area contributed by atoms with E-state index < -0.39 is 5.97 Å². The van der Waals surface area contributed by atoms with E-state index in [0.29, 0.717) is 16.3 Å². The monoisotopic (exact) mass is 229 g/mol. The van der Waals surface area contributed by atoms with Crippen LogP contribution in [0.3, 0.4) is 0 Å². The summed E-state index contributed by atoms with van der Waals surface area (Å²) in [6, 6.07) is 5.15. The molecule has 0 spiro atoms. The van der Waals surface area contributed by atoms with Gasteiger partial charge in [-0.2, -0.15) is 0 Å². The SMILES string of the molecule is COC(=O)COc1cccc(Cl)c1CN. The Hall–Kier alpha value is -1.26. The molecule has 82 valence electrons. The topological polar surface area (TPSA) is 61.5 Å². The summed E-state index contributed by atoms with van der Waals surface area (Å²) < 4.78 is 9.67. The predicted octanol–water partition coefficient (Wildman–Crippen LogP) is 1.35. The number of hydrogen-bond donors (Lipinski definition) is 1. The first-order chi connectivity index (χ1) is 7.19. The molecule has 0 heterocycles. The smallest absolute Gasteiger partial charge is 0.343 e. The van der Waals surface area contributed by atoms with E-state index >= 15 is 0 Å². The molecular formula is C10H12ClNO3. The van der Waals surface area contributed by atoms with Gasteiger partial charge in [-0.05, 0) is 12.1 Å². The van der Waals surface area contributed by atoms with Crippen LogP contribution in [0.15, 0.2) is 18.2 Å². The van der Waals surface area contributed by atoms with Gasteiger partial charge in [0.2, 0.25) is 0 Å². The molecule has 15 heavy (non-hydrogen) atoms. The van der Waals surface area contributed by atoms with Crippen LogP contribution in [0.25, 0.3) is 0 Å². The molecule has 0 fully saturated rings. The minimum atomic E-state index is -0.446. The summed E-state index contributed by atoms with van der Waals surface area (Å²) in [4.78, 5) is 10.9. The maximum Gasteiger partial charge on any atom is 0.343 e. The Morgan fingerprint density at radius 3 is 2.87 bits per heavy atom. The molecule has 0 aliphatic carbocycles. The second kappa shape index (κ2) is 5.58. The lowest BCUT2D eigenvalue weighted by Gasteiger charge is -2.10.